The quantitative estimate of drug-likeness (QED) is 0.118. The first-order valence-electron chi connectivity index (χ1n) is 12.7. The molecule has 0 bridgehead atoms. The topological polar surface area (TPSA) is 52.6 Å². The van der Waals surface area contributed by atoms with Crippen LogP contribution in [-0.2, 0) is 9.05 Å². The Labute approximate surface area is 209 Å². The molecule has 34 heavy (non-hydrogen) atoms. The third-order valence-electron chi connectivity index (χ3n) is 6.17. The Kier molecular flexibility index (Phi) is 10.3. The zero-order chi connectivity index (χ0) is 24.4. The maximum absolute atomic E-state index is 12.1. The van der Waals surface area contributed by atoms with Crippen LogP contribution in [0.1, 0.15) is 78.1 Å². The molecule has 0 amide bonds. The van der Waals surface area contributed by atoms with Crippen molar-refractivity contribution < 1.29 is 17.9 Å². The Bertz CT molecular complexity index is 1170. The molecule has 3 rings (SSSR count). The van der Waals surface area contributed by atoms with Crippen LogP contribution >= 0.6 is 10.7 Å². The van der Waals surface area contributed by atoms with Crippen molar-refractivity contribution in [3.8, 4) is 11.5 Å². The first kappa shape index (κ1) is 26.6. The van der Waals surface area contributed by atoms with Gasteiger partial charge in [0, 0.05) is 32.2 Å². The fourth-order valence-corrected chi connectivity index (χ4v) is 5.08. The molecule has 4 nitrogen and oxygen atoms in total. The minimum Gasteiger partial charge on any atom is -0.492 e. The first-order valence-corrected chi connectivity index (χ1v) is 15.0. The summed E-state index contributed by atoms with van der Waals surface area (Å²) < 4.78 is 36.8. The average Bonchev–Trinajstić information content (AvgIpc) is 2.83. The van der Waals surface area contributed by atoms with Gasteiger partial charge in [0.1, 0.15) is 11.5 Å². The summed E-state index contributed by atoms with van der Waals surface area (Å²) in [6.07, 6.45) is 11.5. The SMILES string of the molecule is CCCCCCCOc1c2ccccc2c(OCCCCCCC)c2cc(S(=O)(=O)Cl)ccc12. The van der Waals surface area contributed by atoms with E-state index in [1.54, 1.807) is 18.2 Å². The lowest BCUT2D eigenvalue weighted by Crippen LogP contribution is -2.03. The van der Waals surface area contributed by atoms with Crippen molar-refractivity contribution in [2.75, 3.05) is 13.2 Å². The fourth-order valence-electron chi connectivity index (χ4n) is 4.30. The lowest BCUT2D eigenvalue weighted by Gasteiger charge is -2.18. The normalized spacial score (nSPS) is 11.9. The van der Waals surface area contributed by atoms with E-state index in [0.29, 0.717) is 19.0 Å². The molecular formula is C28H37ClO4S. The Balaban J connectivity index is 1.98. The van der Waals surface area contributed by atoms with Gasteiger partial charge in [-0.15, -0.1) is 0 Å². The molecule has 0 N–H and O–H groups in total. The molecule has 0 spiro atoms. The summed E-state index contributed by atoms with van der Waals surface area (Å²) in [5, 5.41) is 3.46. The molecule has 3 aromatic carbocycles. The van der Waals surface area contributed by atoms with Gasteiger partial charge in [0.05, 0.1) is 18.1 Å². The molecule has 186 valence electrons. The molecule has 0 saturated carbocycles. The molecule has 0 aliphatic heterocycles. The molecule has 0 atom stereocenters. The lowest BCUT2D eigenvalue weighted by molar-refractivity contribution is 0.306. The highest BCUT2D eigenvalue weighted by Crippen LogP contribution is 2.44. The second-order valence-corrected chi connectivity index (χ2v) is 11.4. The van der Waals surface area contributed by atoms with Crippen molar-refractivity contribution in [3.05, 3.63) is 42.5 Å². The number of benzene rings is 3. The highest BCUT2D eigenvalue weighted by molar-refractivity contribution is 8.13. The Morgan fingerprint density at radius 2 is 1.12 bits per heavy atom. The van der Waals surface area contributed by atoms with E-state index in [4.69, 9.17) is 20.2 Å². The van der Waals surface area contributed by atoms with Gasteiger partial charge in [-0.25, -0.2) is 8.42 Å². The summed E-state index contributed by atoms with van der Waals surface area (Å²) in [4.78, 5) is 0.0651. The Morgan fingerprint density at radius 1 is 0.647 bits per heavy atom. The molecule has 6 heteroatoms. The van der Waals surface area contributed by atoms with Gasteiger partial charge in [-0.1, -0.05) is 89.5 Å². The van der Waals surface area contributed by atoms with Crippen LogP contribution in [0.3, 0.4) is 0 Å². The smallest absolute Gasteiger partial charge is 0.261 e. The van der Waals surface area contributed by atoms with E-state index in [-0.39, 0.29) is 4.90 Å². The van der Waals surface area contributed by atoms with Gasteiger partial charge in [-0.3, -0.25) is 0 Å². The summed E-state index contributed by atoms with van der Waals surface area (Å²) in [5.74, 6) is 1.47. The van der Waals surface area contributed by atoms with Crippen molar-refractivity contribution in [2.45, 2.75) is 83.0 Å². The Morgan fingerprint density at radius 3 is 1.62 bits per heavy atom. The molecule has 3 aromatic rings. The monoisotopic (exact) mass is 504 g/mol. The first-order chi connectivity index (χ1) is 16.5. The number of hydrogen-bond acceptors (Lipinski definition) is 4. The number of rotatable bonds is 15. The standard InChI is InChI=1S/C28H37ClO4S/c1-3-5-7-9-13-19-32-27-23-15-11-12-16-24(23)28(33-20-14-10-8-6-4-2)26-21-22(34(29,30)31)17-18-25(26)27/h11-12,15-18,21H,3-10,13-14,19-20H2,1-2H3. The molecule has 0 unspecified atom stereocenters. The molecule has 0 aromatic heterocycles. The molecule has 0 saturated heterocycles. The van der Waals surface area contributed by atoms with Gasteiger partial charge < -0.3 is 9.47 Å². The summed E-state index contributed by atoms with van der Waals surface area (Å²) in [6.45, 7) is 5.61. The lowest BCUT2D eigenvalue weighted by atomic mass is 10.0. The number of halogens is 1. The van der Waals surface area contributed by atoms with Gasteiger partial charge in [-0.2, -0.15) is 0 Å². The van der Waals surface area contributed by atoms with Gasteiger partial charge >= 0.3 is 0 Å². The van der Waals surface area contributed by atoms with Crippen molar-refractivity contribution in [2.24, 2.45) is 0 Å². The molecule has 0 fully saturated rings. The highest BCUT2D eigenvalue weighted by atomic mass is 35.7. The van der Waals surface area contributed by atoms with E-state index >= 15 is 0 Å². The van der Waals surface area contributed by atoms with E-state index < -0.39 is 9.05 Å². The molecule has 0 aliphatic rings. The van der Waals surface area contributed by atoms with Crippen LogP contribution in [0.2, 0.25) is 0 Å². The van der Waals surface area contributed by atoms with Crippen molar-refractivity contribution >= 4 is 41.3 Å². The number of fused-ring (bicyclic) bond motifs is 2. The van der Waals surface area contributed by atoms with Crippen molar-refractivity contribution in [3.63, 3.8) is 0 Å². The van der Waals surface area contributed by atoms with Crippen LogP contribution in [0.15, 0.2) is 47.4 Å². The predicted molar refractivity (Wildman–Crippen MR) is 143 cm³/mol. The molecular weight excluding hydrogens is 468 g/mol. The van der Waals surface area contributed by atoms with E-state index in [1.165, 1.54) is 38.5 Å². The predicted octanol–water partition coefficient (Wildman–Crippen LogP) is 8.62. The fraction of sp³-hybridized carbons (Fsp3) is 0.500. The highest BCUT2D eigenvalue weighted by Gasteiger charge is 2.19. The van der Waals surface area contributed by atoms with Crippen LogP contribution in [0.5, 0.6) is 11.5 Å². The maximum atomic E-state index is 12.1. The maximum Gasteiger partial charge on any atom is 0.261 e. The van der Waals surface area contributed by atoms with Crippen LogP contribution in [0.4, 0.5) is 0 Å². The minimum absolute atomic E-state index is 0.0651. The second kappa shape index (κ2) is 13.2. The van der Waals surface area contributed by atoms with Crippen molar-refractivity contribution in [1.82, 2.24) is 0 Å². The number of unbranched alkanes of at least 4 members (excludes halogenated alkanes) is 8. The summed E-state index contributed by atoms with van der Waals surface area (Å²) in [6, 6.07) is 13.0. The van der Waals surface area contributed by atoms with Crippen molar-refractivity contribution in [1.29, 1.82) is 0 Å². The van der Waals surface area contributed by atoms with E-state index in [0.717, 1.165) is 53.0 Å². The van der Waals surface area contributed by atoms with Crippen LogP contribution < -0.4 is 9.47 Å². The van der Waals surface area contributed by atoms with E-state index in [9.17, 15) is 8.42 Å². The largest absolute Gasteiger partial charge is 0.492 e. The third-order valence-corrected chi connectivity index (χ3v) is 7.52. The van der Waals surface area contributed by atoms with E-state index in [2.05, 4.69) is 13.8 Å². The van der Waals surface area contributed by atoms with Gasteiger partial charge in [0.25, 0.3) is 9.05 Å². The zero-order valence-corrected chi connectivity index (χ0v) is 22.0. The molecule has 0 heterocycles. The van der Waals surface area contributed by atoms with E-state index in [1.807, 2.05) is 24.3 Å². The van der Waals surface area contributed by atoms with Crippen LogP contribution in [0.25, 0.3) is 21.5 Å². The average molecular weight is 505 g/mol. The summed E-state index contributed by atoms with van der Waals surface area (Å²) >= 11 is 0. The second-order valence-electron chi connectivity index (χ2n) is 8.87. The summed E-state index contributed by atoms with van der Waals surface area (Å²) in [7, 11) is 1.82. The summed E-state index contributed by atoms with van der Waals surface area (Å²) in [5.41, 5.74) is 0. The third kappa shape index (κ3) is 7.02. The van der Waals surface area contributed by atoms with Gasteiger partial charge in [-0.05, 0) is 31.0 Å². The molecule has 0 aliphatic carbocycles. The number of hydrogen-bond donors (Lipinski definition) is 0. The van der Waals surface area contributed by atoms with Crippen LogP contribution in [0, 0.1) is 0 Å². The number of ether oxygens (including phenoxy) is 2. The van der Waals surface area contributed by atoms with Gasteiger partial charge in [0.2, 0.25) is 0 Å². The van der Waals surface area contributed by atoms with Gasteiger partial charge in [0.15, 0.2) is 0 Å². The Hall–Kier alpha value is -1.98. The minimum atomic E-state index is -3.87. The van der Waals surface area contributed by atoms with Crippen LogP contribution in [-0.4, -0.2) is 21.6 Å². The zero-order valence-electron chi connectivity index (χ0n) is 20.4. The molecule has 0 radical (unpaired) electrons.